The SMILES string of the molecule is CCC(CC)n1ccc(CC(=O)C2(CC)CCNC2)n1. The van der Waals surface area contributed by atoms with Gasteiger partial charge in [-0.2, -0.15) is 5.10 Å². The molecule has 1 aliphatic rings. The van der Waals surface area contributed by atoms with Gasteiger partial charge in [0.25, 0.3) is 0 Å². The first kappa shape index (κ1) is 15.2. The Kier molecular flexibility index (Phi) is 4.97. The summed E-state index contributed by atoms with van der Waals surface area (Å²) >= 11 is 0. The van der Waals surface area contributed by atoms with Gasteiger partial charge >= 0.3 is 0 Å². The van der Waals surface area contributed by atoms with Crippen molar-refractivity contribution in [2.24, 2.45) is 5.41 Å². The van der Waals surface area contributed by atoms with Crippen molar-refractivity contribution in [1.29, 1.82) is 0 Å². The number of carbonyl (C=O) groups excluding carboxylic acids is 1. The Hall–Kier alpha value is -1.16. The van der Waals surface area contributed by atoms with Crippen LogP contribution in [0.15, 0.2) is 12.3 Å². The lowest BCUT2D eigenvalue weighted by Gasteiger charge is -2.24. The Morgan fingerprint density at radius 3 is 2.75 bits per heavy atom. The van der Waals surface area contributed by atoms with Gasteiger partial charge in [-0.05, 0) is 38.3 Å². The van der Waals surface area contributed by atoms with Crippen LogP contribution in [0.2, 0.25) is 0 Å². The van der Waals surface area contributed by atoms with Crippen LogP contribution in [0.5, 0.6) is 0 Å². The largest absolute Gasteiger partial charge is 0.316 e. The molecule has 1 aromatic heterocycles. The molecule has 1 saturated heterocycles. The van der Waals surface area contributed by atoms with Gasteiger partial charge < -0.3 is 5.32 Å². The highest BCUT2D eigenvalue weighted by Crippen LogP contribution is 2.31. The summed E-state index contributed by atoms with van der Waals surface area (Å²) < 4.78 is 2.02. The number of carbonyl (C=O) groups is 1. The number of hydrogen-bond donors (Lipinski definition) is 1. The van der Waals surface area contributed by atoms with Crippen LogP contribution in [0.4, 0.5) is 0 Å². The second-order valence-electron chi connectivity index (χ2n) is 5.92. The summed E-state index contributed by atoms with van der Waals surface area (Å²) in [5, 5.41) is 7.93. The van der Waals surface area contributed by atoms with Crippen molar-refractivity contribution in [2.45, 2.75) is 58.9 Å². The van der Waals surface area contributed by atoms with Crippen LogP contribution in [0, 0.1) is 5.41 Å². The summed E-state index contributed by atoms with van der Waals surface area (Å²) in [6.07, 6.45) is 6.54. The average Bonchev–Trinajstić information content (AvgIpc) is 3.10. The summed E-state index contributed by atoms with van der Waals surface area (Å²) in [6, 6.07) is 2.45. The molecule has 1 aromatic rings. The van der Waals surface area contributed by atoms with Gasteiger partial charge in [0, 0.05) is 18.2 Å². The van der Waals surface area contributed by atoms with E-state index >= 15 is 0 Å². The van der Waals surface area contributed by atoms with Crippen LogP contribution in [-0.2, 0) is 11.2 Å². The number of Topliss-reactive ketones (excluding diaryl/α,β-unsaturated/α-hetero) is 1. The third-order valence-electron chi connectivity index (χ3n) is 4.83. The zero-order chi connectivity index (χ0) is 14.6. The number of nitrogens with zero attached hydrogens (tertiary/aromatic N) is 2. The van der Waals surface area contributed by atoms with Crippen molar-refractivity contribution >= 4 is 5.78 Å². The predicted octanol–water partition coefficient (Wildman–Crippen LogP) is 2.75. The van der Waals surface area contributed by atoms with Crippen molar-refractivity contribution < 1.29 is 4.79 Å². The number of ketones is 1. The molecule has 0 spiro atoms. The molecule has 0 aliphatic carbocycles. The van der Waals surface area contributed by atoms with Crippen LogP contribution in [0.1, 0.15) is 58.2 Å². The minimum atomic E-state index is -0.154. The summed E-state index contributed by atoms with van der Waals surface area (Å²) in [7, 11) is 0. The van der Waals surface area contributed by atoms with Crippen molar-refractivity contribution in [3.05, 3.63) is 18.0 Å². The van der Waals surface area contributed by atoms with E-state index in [2.05, 4.69) is 31.2 Å². The molecule has 2 heterocycles. The van der Waals surface area contributed by atoms with E-state index in [-0.39, 0.29) is 5.41 Å². The second kappa shape index (κ2) is 6.53. The van der Waals surface area contributed by atoms with Gasteiger partial charge in [-0.15, -0.1) is 0 Å². The Labute approximate surface area is 121 Å². The van der Waals surface area contributed by atoms with E-state index in [0.29, 0.717) is 18.2 Å². The lowest BCUT2D eigenvalue weighted by atomic mass is 9.78. The quantitative estimate of drug-likeness (QED) is 0.833. The van der Waals surface area contributed by atoms with Crippen molar-refractivity contribution in [1.82, 2.24) is 15.1 Å². The van der Waals surface area contributed by atoms with Gasteiger partial charge in [0.15, 0.2) is 0 Å². The molecular weight excluding hydrogens is 250 g/mol. The zero-order valence-corrected chi connectivity index (χ0v) is 13.0. The minimum absolute atomic E-state index is 0.154. The van der Waals surface area contributed by atoms with Crippen LogP contribution < -0.4 is 5.32 Å². The Bertz CT molecular complexity index is 442. The third kappa shape index (κ3) is 2.95. The molecule has 20 heavy (non-hydrogen) atoms. The molecule has 1 atom stereocenters. The molecule has 4 nitrogen and oxygen atoms in total. The number of nitrogens with one attached hydrogen (secondary N) is 1. The van der Waals surface area contributed by atoms with E-state index in [0.717, 1.165) is 44.5 Å². The lowest BCUT2D eigenvalue weighted by molar-refractivity contribution is -0.127. The first-order valence-corrected chi connectivity index (χ1v) is 7.93. The third-order valence-corrected chi connectivity index (χ3v) is 4.83. The standard InChI is InChI=1S/C16H27N3O/c1-4-14(5-2)19-10-7-13(18-19)11-15(20)16(6-3)8-9-17-12-16/h7,10,14,17H,4-6,8-9,11-12H2,1-3H3. The highest BCUT2D eigenvalue weighted by Gasteiger charge is 2.39. The van der Waals surface area contributed by atoms with E-state index in [1.807, 2.05) is 16.9 Å². The molecule has 1 N–H and O–H groups in total. The van der Waals surface area contributed by atoms with Gasteiger partial charge in [-0.25, -0.2) is 0 Å². The monoisotopic (exact) mass is 277 g/mol. The van der Waals surface area contributed by atoms with E-state index in [1.54, 1.807) is 0 Å². The molecule has 0 aromatic carbocycles. The maximum atomic E-state index is 12.6. The van der Waals surface area contributed by atoms with E-state index in [4.69, 9.17) is 0 Å². The van der Waals surface area contributed by atoms with Crippen LogP contribution in [0.3, 0.4) is 0 Å². The van der Waals surface area contributed by atoms with Crippen molar-refractivity contribution in [3.63, 3.8) is 0 Å². The highest BCUT2D eigenvalue weighted by molar-refractivity contribution is 5.87. The molecule has 0 bridgehead atoms. The second-order valence-corrected chi connectivity index (χ2v) is 5.92. The van der Waals surface area contributed by atoms with Gasteiger partial charge in [0.1, 0.15) is 5.78 Å². The maximum absolute atomic E-state index is 12.6. The summed E-state index contributed by atoms with van der Waals surface area (Å²) in [4.78, 5) is 12.6. The Morgan fingerprint density at radius 2 is 2.20 bits per heavy atom. The number of hydrogen-bond acceptors (Lipinski definition) is 3. The summed E-state index contributed by atoms with van der Waals surface area (Å²) in [6.45, 7) is 8.26. The number of aromatic nitrogens is 2. The van der Waals surface area contributed by atoms with Gasteiger partial charge in [-0.3, -0.25) is 9.48 Å². The predicted molar refractivity (Wildman–Crippen MR) is 80.8 cm³/mol. The molecule has 4 heteroatoms. The fraction of sp³-hybridized carbons (Fsp3) is 0.750. The molecular formula is C16H27N3O. The number of rotatable bonds is 7. The van der Waals surface area contributed by atoms with Gasteiger partial charge in [0.05, 0.1) is 18.2 Å². The normalized spacial score (nSPS) is 22.6. The smallest absolute Gasteiger partial charge is 0.146 e. The van der Waals surface area contributed by atoms with Gasteiger partial charge in [-0.1, -0.05) is 20.8 Å². The Morgan fingerprint density at radius 1 is 1.45 bits per heavy atom. The molecule has 0 saturated carbocycles. The molecule has 0 amide bonds. The minimum Gasteiger partial charge on any atom is -0.316 e. The Balaban J connectivity index is 2.05. The zero-order valence-electron chi connectivity index (χ0n) is 13.0. The van der Waals surface area contributed by atoms with Crippen molar-refractivity contribution in [2.75, 3.05) is 13.1 Å². The molecule has 0 radical (unpaired) electrons. The van der Waals surface area contributed by atoms with Crippen LogP contribution >= 0.6 is 0 Å². The molecule has 2 rings (SSSR count). The van der Waals surface area contributed by atoms with E-state index < -0.39 is 0 Å². The summed E-state index contributed by atoms with van der Waals surface area (Å²) in [5.41, 5.74) is 0.764. The maximum Gasteiger partial charge on any atom is 0.146 e. The lowest BCUT2D eigenvalue weighted by Crippen LogP contribution is -2.34. The van der Waals surface area contributed by atoms with Crippen LogP contribution in [0.25, 0.3) is 0 Å². The summed E-state index contributed by atoms with van der Waals surface area (Å²) in [5.74, 6) is 0.347. The average molecular weight is 277 g/mol. The molecule has 112 valence electrons. The first-order valence-electron chi connectivity index (χ1n) is 7.93. The van der Waals surface area contributed by atoms with Crippen molar-refractivity contribution in [3.8, 4) is 0 Å². The highest BCUT2D eigenvalue weighted by atomic mass is 16.1. The molecule has 1 fully saturated rings. The van der Waals surface area contributed by atoms with E-state index in [1.165, 1.54) is 0 Å². The molecule has 1 unspecified atom stereocenters. The molecule has 1 aliphatic heterocycles. The van der Waals surface area contributed by atoms with Gasteiger partial charge in [0.2, 0.25) is 0 Å². The first-order chi connectivity index (χ1) is 9.65. The fourth-order valence-electron chi connectivity index (χ4n) is 3.17. The topological polar surface area (TPSA) is 46.9 Å². The fourth-order valence-corrected chi connectivity index (χ4v) is 3.17. The van der Waals surface area contributed by atoms with Crippen LogP contribution in [-0.4, -0.2) is 28.7 Å². The van der Waals surface area contributed by atoms with E-state index in [9.17, 15) is 4.79 Å².